The Morgan fingerprint density at radius 1 is 0.727 bits per heavy atom. The molecule has 0 heterocycles. The van der Waals surface area contributed by atoms with Gasteiger partial charge in [-0.2, -0.15) is 0 Å². The summed E-state index contributed by atoms with van der Waals surface area (Å²) in [5.41, 5.74) is 5.53. The molecule has 0 bridgehead atoms. The third-order valence-corrected chi connectivity index (χ3v) is 3.98. The summed E-state index contributed by atoms with van der Waals surface area (Å²) < 4.78 is 0. The molecule has 2 rings (SSSR count). The Balaban J connectivity index is 1.91. The van der Waals surface area contributed by atoms with Crippen molar-refractivity contribution in [1.82, 2.24) is 0 Å². The van der Waals surface area contributed by atoms with Crippen LogP contribution in [-0.2, 0) is 12.8 Å². The van der Waals surface area contributed by atoms with Gasteiger partial charge in [0.25, 0.3) is 0 Å². The Morgan fingerprint density at radius 2 is 1.32 bits per heavy atom. The van der Waals surface area contributed by atoms with Crippen LogP contribution in [0.5, 0.6) is 0 Å². The van der Waals surface area contributed by atoms with E-state index >= 15 is 0 Å². The number of allylic oxidation sites excluding steroid dienone is 1. The Morgan fingerprint density at radius 3 is 1.91 bits per heavy atom. The third-order valence-electron chi connectivity index (χ3n) is 3.98. The molecule has 0 spiro atoms. The molecule has 0 aliphatic carbocycles. The van der Waals surface area contributed by atoms with Crippen LogP contribution in [0.15, 0.2) is 54.6 Å². The minimum Gasteiger partial charge on any atom is -0.0839 e. The number of benzene rings is 2. The van der Waals surface area contributed by atoms with Crippen molar-refractivity contribution in [2.24, 2.45) is 0 Å². The van der Waals surface area contributed by atoms with Gasteiger partial charge < -0.3 is 0 Å². The topological polar surface area (TPSA) is 0 Å². The van der Waals surface area contributed by atoms with Gasteiger partial charge in [0.15, 0.2) is 0 Å². The van der Waals surface area contributed by atoms with E-state index in [-0.39, 0.29) is 0 Å². The first-order valence-electron chi connectivity index (χ1n) is 8.65. The van der Waals surface area contributed by atoms with Crippen molar-refractivity contribution < 1.29 is 0 Å². The Labute approximate surface area is 135 Å². The lowest BCUT2D eigenvalue weighted by Crippen LogP contribution is -1.90. The van der Waals surface area contributed by atoms with Gasteiger partial charge in [-0.25, -0.2) is 0 Å². The molecule has 0 aliphatic heterocycles. The predicted molar refractivity (Wildman–Crippen MR) is 98.2 cm³/mol. The summed E-state index contributed by atoms with van der Waals surface area (Å²) in [6.07, 6.45) is 11.7. The lowest BCUT2D eigenvalue weighted by Gasteiger charge is -2.05. The molecule has 0 radical (unpaired) electrons. The van der Waals surface area contributed by atoms with Crippen molar-refractivity contribution in [2.45, 2.75) is 52.4 Å². The van der Waals surface area contributed by atoms with E-state index in [4.69, 9.17) is 0 Å². The van der Waals surface area contributed by atoms with Crippen LogP contribution in [-0.4, -0.2) is 0 Å². The van der Waals surface area contributed by atoms with E-state index in [9.17, 15) is 0 Å². The van der Waals surface area contributed by atoms with Crippen molar-refractivity contribution in [3.05, 3.63) is 76.9 Å². The van der Waals surface area contributed by atoms with Crippen LogP contribution in [0.25, 0.3) is 6.08 Å². The highest BCUT2D eigenvalue weighted by molar-refractivity contribution is 5.49. The summed E-state index contributed by atoms with van der Waals surface area (Å²) in [6, 6.07) is 18.0. The lowest BCUT2D eigenvalue weighted by molar-refractivity contribution is 0.816. The van der Waals surface area contributed by atoms with Crippen LogP contribution in [0.3, 0.4) is 0 Å². The van der Waals surface area contributed by atoms with Gasteiger partial charge >= 0.3 is 0 Å². The molecule has 0 atom stereocenters. The number of hydrogen-bond donors (Lipinski definition) is 0. The van der Waals surface area contributed by atoms with Crippen molar-refractivity contribution in [3.8, 4) is 0 Å². The number of rotatable bonds is 8. The molecule has 0 nitrogen and oxygen atoms in total. The minimum atomic E-state index is 1.02. The summed E-state index contributed by atoms with van der Waals surface area (Å²) in [7, 11) is 0. The molecular weight excluding hydrogens is 264 g/mol. The molecule has 0 amide bonds. The molecule has 2 aromatic carbocycles. The Bertz CT molecular complexity index is 558. The van der Waals surface area contributed by atoms with Crippen molar-refractivity contribution >= 4 is 6.08 Å². The van der Waals surface area contributed by atoms with Crippen LogP contribution < -0.4 is 0 Å². The average molecular weight is 292 g/mol. The van der Waals surface area contributed by atoms with Gasteiger partial charge in [0.2, 0.25) is 0 Å². The smallest absolute Gasteiger partial charge is 0.00258 e. The van der Waals surface area contributed by atoms with E-state index in [2.05, 4.69) is 74.5 Å². The Hall–Kier alpha value is -1.82. The second-order valence-corrected chi connectivity index (χ2v) is 6.03. The molecule has 0 heteroatoms. The highest BCUT2D eigenvalue weighted by atomic mass is 14.0. The van der Waals surface area contributed by atoms with Crippen molar-refractivity contribution in [2.75, 3.05) is 0 Å². The highest BCUT2D eigenvalue weighted by Crippen LogP contribution is 2.14. The summed E-state index contributed by atoms with van der Waals surface area (Å²) in [4.78, 5) is 0. The standard InChI is InChI=1S/C22H28/c1-3-5-6-7-9-20-12-16-22(17-13-20)18-21-14-10-19(8-4-2)11-15-21/h7,9-17H,3-6,8,18H2,1-2H3. The van der Waals surface area contributed by atoms with Gasteiger partial charge in [-0.3, -0.25) is 0 Å². The lowest BCUT2D eigenvalue weighted by atomic mass is 10.0. The average Bonchev–Trinajstić information content (AvgIpc) is 2.55. The molecule has 0 aliphatic rings. The molecule has 0 saturated heterocycles. The molecule has 0 saturated carbocycles. The van der Waals surface area contributed by atoms with Gasteiger partial charge in [0, 0.05) is 0 Å². The first-order chi connectivity index (χ1) is 10.8. The predicted octanol–water partition coefficient (Wildman–Crippen LogP) is 6.43. The Kier molecular flexibility index (Phi) is 6.96. The van der Waals surface area contributed by atoms with E-state index in [0.717, 1.165) is 6.42 Å². The fourth-order valence-corrected chi connectivity index (χ4v) is 2.64. The third kappa shape index (κ3) is 5.52. The summed E-state index contributed by atoms with van der Waals surface area (Å²) in [6.45, 7) is 4.46. The summed E-state index contributed by atoms with van der Waals surface area (Å²) in [5, 5.41) is 0. The molecule has 22 heavy (non-hydrogen) atoms. The zero-order valence-electron chi connectivity index (χ0n) is 14.0. The van der Waals surface area contributed by atoms with E-state index < -0.39 is 0 Å². The fraction of sp³-hybridized carbons (Fsp3) is 0.364. The van der Waals surface area contributed by atoms with Crippen molar-refractivity contribution in [1.29, 1.82) is 0 Å². The summed E-state index contributed by atoms with van der Waals surface area (Å²) >= 11 is 0. The van der Waals surface area contributed by atoms with E-state index in [1.54, 1.807) is 0 Å². The molecule has 0 unspecified atom stereocenters. The maximum atomic E-state index is 2.28. The van der Waals surface area contributed by atoms with Gasteiger partial charge in [0.1, 0.15) is 0 Å². The molecular formula is C22H28. The second kappa shape index (κ2) is 9.25. The quantitative estimate of drug-likeness (QED) is 0.491. The molecule has 2 aromatic rings. The first kappa shape index (κ1) is 16.5. The zero-order valence-corrected chi connectivity index (χ0v) is 14.0. The largest absolute Gasteiger partial charge is 0.0839 e. The minimum absolute atomic E-state index is 1.02. The van der Waals surface area contributed by atoms with Crippen LogP contribution >= 0.6 is 0 Å². The van der Waals surface area contributed by atoms with Crippen LogP contribution in [0, 0.1) is 0 Å². The van der Waals surface area contributed by atoms with Gasteiger partial charge in [-0.05, 0) is 41.5 Å². The van der Waals surface area contributed by atoms with Crippen LogP contribution in [0.4, 0.5) is 0 Å². The zero-order chi connectivity index (χ0) is 15.6. The van der Waals surface area contributed by atoms with E-state index in [1.165, 1.54) is 54.4 Å². The van der Waals surface area contributed by atoms with Crippen LogP contribution in [0.2, 0.25) is 0 Å². The van der Waals surface area contributed by atoms with E-state index in [0.29, 0.717) is 0 Å². The van der Waals surface area contributed by atoms with Crippen LogP contribution in [0.1, 0.15) is 61.8 Å². The SMILES string of the molecule is CCCCC=Cc1ccc(Cc2ccc(CCC)cc2)cc1. The fourth-order valence-electron chi connectivity index (χ4n) is 2.64. The maximum Gasteiger partial charge on any atom is -0.00258 e. The monoisotopic (exact) mass is 292 g/mol. The normalized spacial score (nSPS) is 11.2. The van der Waals surface area contributed by atoms with Gasteiger partial charge in [-0.1, -0.05) is 93.8 Å². The van der Waals surface area contributed by atoms with E-state index in [1.807, 2.05) is 0 Å². The molecule has 0 aromatic heterocycles. The van der Waals surface area contributed by atoms with Gasteiger partial charge in [0.05, 0.1) is 0 Å². The summed E-state index contributed by atoms with van der Waals surface area (Å²) in [5.74, 6) is 0. The van der Waals surface area contributed by atoms with Crippen molar-refractivity contribution in [3.63, 3.8) is 0 Å². The number of hydrogen-bond acceptors (Lipinski definition) is 0. The first-order valence-corrected chi connectivity index (χ1v) is 8.65. The molecule has 0 N–H and O–H groups in total. The number of aryl methyl sites for hydroxylation is 1. The molecule has 0 fully saturated rings. The van der Waals surface area contributed by atoms with Gasteiger partial charge in [-0.15, -0.1) is 0 Å². The number of unbranched alkanes of at least 4 members (excludes halogenated alkanes) is 2. The maximum absolute atomic E-state index is 2.28. The second-order valence-electron chi connectivity index (χ2n) is 6.03. The molecule has 116 valence electrons. The highest BCUT2D eigenvalue weighted by Gasteiger charge is 1.97.